The maximum Gasteiger partial charge on any atom is 0.191 e. The molecule has 1 fully saturated rings. The van der Waals surface area contributed by atoms with Crippen molar-refractivity contribution >= 4 is 29.9 Å². The standard InChI is InChI=1S/C17H27N3O3.HI/c1-18-17(19-8-9-23-12-13-4-5-13)20-11-14-6-7-15(21-2)16(10-14)22-3;/h6-7,10,13H,4-5,8-9,11-12H2,1-3H3,(H2,18,19,20);1H. The van der Waals surface area contributed by atoms with Gasteiger partial charge in [-0.1, -0.05) is 6.07 Å². The van der Waals surface area contributed by atoms with E-state index in [0.717, 1.165) is 42.1 Å². The zero-order chi connectivity index (χ0) is 16.5. The number of benzene rings is 1. The Morgan fingerprint density at radius 3 is 2.54 bits per heavy atom. The van der Waals surface area contributed by atoms with Crippen molar-refractivity contribution in [1.29, 1.82) is 0 Å². The Morgan fingerprint density at radius 1 is 1.17 bits per heavy atom. The highest BCUT2D eigenvalue weighted by atomic mass is 127. The van der Waals surface area contributed by atoms with Gasteiger partial charge < -0.3 is 24.8 Å². The SMILES string of the molecule is CN=C(NCCOCC1CC1)NCc1ccc(OC)c(OC)c1.I. The highest BCUT2D eigenvalue weighted by Gasteiger charge is 2.20. The second-order valence-corrected chi connectivity index (χ2v) is 5.56. The molecule has 0 amide bonds. The summed E-state index contributed by atoms with van der Waals surface area (Å²) in [6.45, 7) is 2.99. The van der Waals surface area contributed by atoms with Gasteiger partial charge in [-0.3, -0.25) is 4.99 Å². The van der Waals surface area contributed by atoms with Crippen molar-refractivity contribution in [1.82, 2.24) is 10.6 Å². The van der Waals surface area contributed by atoms with Gasteiger partial charge in [0.05, 0.1) is 20.8 Å². The highest BCUT2D eigenvalue weighted by molar-refractivity contribution is 14.0. The lowest BCUT2D eigenvalue weighted by Gasteiger charge is -2.13. The molecule has 0 unspecified atom stereocenters. The number of ether oxygens (including phenoxy) is 3. The van der Waals surface area contributed by atoms with Crippen molar-refractivity contribution in [3.8, 4) is 11.5 Å². The van der Waals surface area contributed by atoms with Crippen LogP contribution < -0.4 is 20.1 Å². The summed E-state index contributed by atoms with van der Waals surface area (Å²) in [7, 11) is 5.03. The number of aliphatic imine (C=N–C) groups is 1. The molecule has 1 saturated carbocycles. The predicted octanol–water partition coefficient (Wildman–Crippen LogP) is 2.41. The van der Waals surface area contributed by atoms with Crippen LogP contribution in [0.5, 0.6) is 11.5 Å². The van der Waals surface area contributed by atoms with Gasteiger partial charge in [0.2, 0.25) is 0 Å². The molecule has 1 aromatic carbocycles. The molecule has 136 valence electrons. The summed E-state index contributed by atoms with van der Waals surface area (Å²) in [4.78, 5) is 4.21. The average molecular weight is 449 g/mol. The summed E-state index contributed by atoms with van der Waals surface area (Å²) < 4.78 is 16.1. The Morgan fingerprint density at radius 2 is 1.92 bits per heavy atom. The van der Waals surface area contributed by atoms with Gasteiger partial charge >= 0.3 is 0 Å². The molecule has 1 aliphatic carbocycles. The van der Waals surface area contributed by atoms with Crippen LogP contribution in [0.15, 0.2) is 23.2 Å². The van der Waals surface area contributed by atoms with Crippen LogP contribution in [0.3, 0.4) is 0 Å². The molecule has 6 nitrogen and oxygen atoms in total. The normalized spacial score (nSPS) is 13.9. The third kappa shape index (κ3) is 7.12. The van der Waals surface area contributed by atoms with E-state index in [4.69, 9.17) is 14.2 Å². The maximum absolute atomic E-state index is 5.60. The third-order valence-corrected chi connectivity index (χ3v) is 3.72. The van der Waals surface area contributed by atoms with E-state index in [2.05, 4.69) is 15.6 Å². The molecular formula is C17H28IN3O3. The first-order valence-corrected chi connectivity index (χ1v) is 8.00. The fraction of sp³-hybridized carbons (Fsp3) is 0.588. The Hall–Kier alpha value is -1.22. The van der Waals surface area contributed by atoms with Crippen LogP contribution in [-0.4, -0.2) is 47.0 Å². The van der Waals surface area contributed by atoms with E-state index in [-0.39, 0.29) is 24.0 Å². The molecule has 0 heterocycles. The van der Waals surface area contributed by atoms with Crippen molar-refractivity contribution in [2.45, 2.75) is 19.4 Å². The lowest BCUT2D eigenvalue weighted by atomic mass is 10.2. The largest absolute Gasteiger partial charge is 0.493 e. The van der Waals surface area contributed by atoms with Gasteiger partial charge in [0, 0.05) is 26.7 Å². The first-order chi connectivity index (χ1) is 11.3. The molecule has 1 aromatic rings. The number of halogens is 1. The summed E-state index contributed by atoms with van der Waals surface area (Å²) in [6, 6.07) is 5.86. The fourth-order valence-electron chi connectivity index (χ4n) is 2.17. The molecule has 0 saturated heterocycles. The number of nitrogens with one attached hydrogen (secondary N) is 2. The van der Waals surface area contributed by atoms with Crippen LogP contribution >= 0.6 is 24.0 Å². The van der Waals surface area contributed by atoms with Gasteiger partial charge in [-0.15, -0.1) is 24.0 Å². The van der Waals surface area contributed by atoms with E-state index < -0.39 is 0 Å². The molecule has 0 aliphatic heterocycles. The van der Waals surface area contributed by atoms with E-state index in [1.807, 2.05) is 18.2 Å². The average Bonchev–Trinajstić information content (AvgIpc) is 3.41. The smallest absolute Gasteiger partial charge is 0.191 e. The second-order valence-electron chi connectivity index (χ2n) is 5.56. The molecule has 0 atom stereocenters. The zero-order valence-electron chi connectivity index (χ0n) is 14.6. The molecule has 0 aromatic heterocycles. The molecule has 2 rings (SSSR count). The van der Waals surface area contributed by atoms with Crippen LogP contribution in [0.4, 0.5) is 0 Å². The Kier molecular flexibility index (Phi) is 9.85. The van der Waals surface area contributed by atoms with Gasteiger partial charge in [0.25, 0.3) is 0 Å². The number of hydrogen-bond donors (Lipinski definition) is 2. The Balaban J connectivity index is 0.00000288. The molecular weight excluding hydrogens is 421 g/mol. The minimum absolute atomic E-state index is 0. The Bertz CT molecular complexity index is 522. The first-order valence-electron chi connectivity index (χ1n) is 8.00. The van der Waals surface area contributed by atoms with E-state index in [1.165, 1.54) is 12.8 Å². The molecule has 0 radical (unpaired) electrons. The number of nitrogens with zero attached hydrogens (tertiary/aromatic N) is 1. The van der Waals surface area contributed by atoms with Crippen LogP contribution in [0.2, 0.25) is 0 Å². The van der Waals surface area contributed by atoms with Gasteiger partial charge in [-0.2, -0.15) is 0 Å². The summed E-state index contributed by atoms with van der Waals surface area (Å²) in [5.74, 6) is 3.02. The molecule has 0 spiro atoms. The zero-order valence-corrected chi connectivity index (χ0v) is 17.0. The van der Waals surface area contributed by atoms with E-state index in [9.17, 15) is 0 Å². The van der Waals surface area contributed by atoms with Gasteiger partial charge in [0.15, 0.2) is 17.5 Å². The van der Waals surface area contributed by atoms with Gasteiger partial charge in [0.1, 0.15) is 0 Å². The van der Waals surface area contributed by atoms with E-state index >= 15 is 0 Å². The second kappa shape index (κ2) is 11.4. The third-order valence-electron chi connectivity index (χ3n) is 3.72. The van der Waals surface area contributed by atoms with Crippen molar-refractivity contribution in [3.05, 3.63) is 23.8 Å². The monoisotopic (exact) mass is 449 g/mol. The first kappa shape index (κ1) is 20.8. The van der Waals surface area contributed by atoms with Crippen LogP contribution in [0.25, 0.3) is 0 Å². The summed E-state index contributed by atoms with van der Waals surface area (Å²) in [6.07, 6.45) is 2.64. The fourth-order valence-corrected chi connectivity index (χ4v) is 2.17. The maximum atomic E-state index is 5.60. The lowest BCUT2D eigenvalue weighted by Crippen LogP contribution is -2.38. The topological polar surface area (TPSA) is 64.1 Å². The van der Waals surface area contributed by atoms with Crippen LogP contribution in [0, 0.1) is 5.92 Å². The van der Waals surface area contributed by atoms with Gasteiger partial charge in [-0.25, -0.2) is 0 Å². The van der Waals surface area contributed by atoms with Crippen molar-refractivity contribution in [3.63, 3.8) is 0 Å². The molecule has 7 heteroatoms. The number of guanidine groups is 1. The number of rotatable bonds is 9. The van der Waals surface area contributed by atoms with Crippen molar-refractivity contribution < 1.29 is 14.2 Å². The minimum Gasteiger partial charge on any atom is -0.493 e. The minimum atomic E-state index is 0. The summed E-state index contributed by atoms with van der Waals surface area (Å²) in [5.41, 5.74) is 1.09. The van der Waals surface area contributed by atoms with Gasteiger partial charge in [-0.05, 0) is 36.5 Å². The van der Waals surface area contributed by atoms with E-state index in [1.54, 1.807) is 21.3 Å². The van der Waals surface area contributed by atoms with Crippen molar-refractivity contribution in [2.24, 2.45) is 10.9 Å². The highest BCUT2D eigenvalue weighted by Crippen LogP contribution is 2.28. The number of methoxy groups -OCH3 is 2. The quantitative estimate of drug-likeness (QED) is 0.263. The van der Waals surface area contributed by atoms with Crippen LogP contribution in [-0.2, 0) is 11.3 Å². The van der Waals surface area contributed by atoms with E-state index in [0.29, 0.717) is 13.2 Å². The lowest BCUT2D eigenvalue weighted by molar-refractivity contribution is 0.129. The molecule has 0 bridgehead atoms. The number of hydrogen-bond acceptors (Lipinski definition) is 4. The molecule has 1 aliphatic rings. The summed E-state index contributed by atoms with van der Waals surface area (Å²) in [5, 5.41) is 6.52. The summed E-state index contributed by atoms with van der Waals surface area (Å²) >= 11 is 0. The van der Waals surface area contributed by atoms with Crippen LogP contribution in [0.1, 0.15) is 18.4 Å². The molecule has 24 heavy (non-hydrogen) atoms. The molecule has 2 N–H and O–H groups in total. The predicted molar refractivity (Wildman–Crippen MR) is 107 cm³/mol. The van der Waals surface area contributed by atoms with Crippen molar-refractivity contribution in [2.75, 3.05) is 41.0 Å². The Labute approximate surface area is 161 Å².